The molecular formula is C40H58I3N3O15. The SMILES string of the molecule is CC(I)C(=O)OC1CC2(CCOCC2)N(O)C2(CCOC(C3COC4(CC(OC(=O)C(C)I)CC5(OCC(C6CC67CC(OC(=O)C(C)I)CC6(CC6)N7O)O5)N4O)O3)C2)C1. The van der Waals surface area contributed by atoms with Crippen molar-refractivity contribution >= 4 is 85.7 Å². The van der Waals surface area contributed by atoms with Gasteiger partial charge in [0.1, 0.15) is 36.2 Å². The van der Waals surface area contributed by atoms with Crippen molar-refractivity contribution in [3.63, 3.8) is 0 Å². The van der Waals surface area contributed by atoms with Crippen LogP contribution in [0.2, 0.25) is 0 Å². The van der Waals surface area contributed by atoms with E-state index in [0.29, 0.717) is 77.6 Å². The van der Waals surface area contributed by atoms with Gasteiger partial charge in [0.15, 0.2) is 0 Å². The monoisotopic (exact) mass is 1200 g/mol. The topological polar surface area (TPSA) is 205 Å². The summed E-state index contributed by atoms with van der Waals surface area (Å²) in [6, 6.07) is 0. The molecule has 61 heavy (non-hydrogen) atoms. The van der Waals surface area contributed by atoms with Gasteiger partial charge in [-0.05, 0) is 65.7 Å². The van der Waals surface area contributed by atoms with Crippen LogP contribution in [0.4, 0.5) is 0 Å². The zero-order chi connectivity index (χ0) is 43.3. The van der Waals surface area contributed by atoms with Crippen molar-refractivity contribution in [3.8, 4) is 0 Å². The van der Waals surface area contributed by atoms with Gasteiger partial charge in [-0.2, -0.15) is 10.1 Å². The Bertz CT molecular complexity index is 1710. The van der Waals surface area contributed by atoms with E-state index in [0.717, 1.165) is 17.9 Å². The lowest BCUT2D eigenvalue weighted by Gasteiger charge is -2.59. The Balaban J connectivity index is 0.940. The summed E-state index contributed by atoms with van der Waals surface area (Å²) in [5.41, 5.74) is -2.61. The van der Waals surface area contributed by atoms with Gasteiger partial charge in [0, 0.05) is 51.4 Å². The highest BCUT2D eigenvalue weighted by molar-refractivity contribution is 14.1. The van der Waals surface area contributed by atoms with E-state index in [1.54, 1.807) is 20.8 Å². The van der Waals surface area contributed by atoms with Gasteiger partial charge in [-0.25, -0.2) is 0 Å². The molecule has 344 valence electrons. The third kappa shape index (κ3) is 8.33. The summed E-state index contributed by atoms with van der Waals surface area (Å²) in [7, 11) is 0. The molecule has 0 aromatic heterocycles. The van der Waals surface area contributed by atoms with Crippen LogP contribution in [0.5, 0.6) is 0 Å². The van der Waals surface area contributed by atoms with Crippen LogP contribution in [0.15, 0.2) is 0 Å². The Morgan fingerprint density at radius 1 is 0.557 bits per heavy atom. The number of rotatable bonds is 8. The van der Waals surface area contributed by atoms with Gasteiger partial charge in [-0.15, -0.1) is 0 Å². The third-order valence-corrected chi connectivity index (χ3v) is 16.5. The first-order valence-corrected chi connectivity index (χ1v) is 25.5. The highest BCUT2D eigenvalue weighted by Crippen LogP contribution is 2.65. The summed E-state index contributed by atoms with van der Waals surface area (Å²) in [5.74, 6) is -4.93. The van der Waals surface area contributed by atoms with Crippen LogP contribution in [-0.4, -0.2) is 164 Å². The summed E-state index contributed by atoms with van der Waals surface area (Å²) < 4.78 is 55.4. The molecule has 18 nitrogen and oxygen atoms in total. The number of nitrogens with zero attached hydrogens (tertiary/aromatic N) is 3. The minimum atomic E-state index is -1.87. The molecule has 14 unspecified atom stereocenters. The van der Waals surface area contributed by atoms with Crippen LogP contribution in [0.1, 0.15) is 104 Å². The van der Waals surface area contributed by atoms with Crippen molar-refractivity contribution in [1.29, 1.82) is 0 Å². The quantitative estimate of drug-likeness (QED) is 0.132. The predicted octanol–water partition coefficient (Wildman–Crippen LogP) is 4.54. The molecule has 6 spiro atoms. The third-order valence-electron chi connectivity index (χ3n) is 14.9. The van der Waals surface area contributed by atoms with Gasteiger partial charge >= 0.3 is 17.9 Å². The molecule has 0 aromatic rings. The van der Waals surface area contributed by atoms with Crippen molar-refractivity contribution in [2.75, 3.05) is 33.0 Å². The Hall–Kier alpha value is 0.120. The summed E-state index contributed by atoms with van der Waals surface area (Å²) in [5, 5.41) is 40.0. The lowest BCUT2D eigenvalue weighted by Crippen LogP contribution is -2.69. The zero-order valence-electron chi connectivity index (χ0n) is 34.7. The average Bonchev–Trinajstić information content (AvgIpc) is 4.04. The first kappa shape index (κ1) is 46.2. The molecule has 7 aliphatic heterocycles. The highest BCUT2D eigenvalue weighted by atomic mass is 127. The molecule has 2 aliphatic carbocycles. The second kappa shape index (κ2) is 17.0. The van der Waals surface area contributed by atoms with Crippen molar-refractivity contribution in [2.24, 2.45) is 5.92 Å². The summed E-state index contributed by atoms with van der Waals surface area (Å²) >= 11 is 6.10. The molecule has 2 saturated carbocycles. The number of carbonyl (C=O) groups is 3. The van der Waals surface area contributed by atoms with Crippen molar-refractivity contribution in [2.45, 2.75) is 187 Å². The van der Waals surface area contributed by atoms with E-state index in [1.165, 1.54) is 10.1 Å². The molecule has 9 fully saturated rings. The van der Waals surface area contributed by atoms with Crippen molar-refractivity contribution in [1.82, 2.24) is 15.2 Å². The fourth-order valence-electron chi connectivity index (χ4n) is 11.6. The number of hydroxylamine groups is 6. The van der Waals surface area contributed by atoms with Crippen LogP contribution >= 0.6 is 67.8 Å². The number of alkyl halides is 3. The maximum absolute atomic E-state index is 13.1. The fourth-order valence-corrected chi connectivity index (χ4v) is 12.1. The standard InChI is InChI=1S/C40H58I3N3O15/c1-22(41)32(47)57-25-12-36(6-9-53-10-7-36)44(50)37(14-25)8-11-54-29(19-37)31-21-56-40(61-31)17-27(59-34(49)24(3)43)16-39(46(40)52)55-20-30(60-39)28-18-38(28)15-26(58-33(48)23(2)42)13-35(4-5-35)45(38)51/h22-31,50-52H,4-21H2,1-3H3. The van der Waals surface area contributed by atoms with Crippen molar-refractivity contribution < 1.29 is 72.6 Å². The van der Waals surface area contributed by atoms with Crippen LogP contribution < -0.4 is 0 Å². The Labute approximate surface area is 396 Å². The second-order valence-corrected chi connectivity index (χ2v) is 24.7. The number of halogens is 3. The Morgan fingerprint density at radius 3 is 1.59 bits per heavy atom. The Morgan fingerprint density at radius 2 is 1.03 bits per heavy atom. The summed E-state index contributed by atoms with van der Waals surface area (Å²) in [6.45, 7) is 6.64. The number of ether oxygens (including phenoxy) is 9. The maximum atomic E-state index is 13.1. The zero-order valence-corrected chi connectivity index (χ0v) is 41.2. The molecule has 0 bridgehead atoms. The predicted molar refractivity (Wildman–Crippen MR) is 233 cm³/mol. The number of esters is 3. The van der Waals surface area contributed by atoms with Crippen LogP contribution in [0, 0.1) is 5.92 Å². The lowest BCUT2D eigenvalue weighted by molar-refractivity contribution is -0.495. The van der Waals surface area contributed by atoms with Gasteiger partial charge in [-0.1, -0.05) is 72.8 Å². The average molecular weight is 1200 g/mol. The van der Waals surface area contributed by atoms with Crippen molar-refractivity contribution in [3.05, 3.63) is 0 Å². The number of hydrogen-bond donors (Lipinski definition) is 3. The largest absolute Gasteiger partial charge is 0.461 e. The molecule has 0 aromatic carbocycles. The van der Waals surface area contributed by atoms with E-state index in [9.17, 15) is 30.0 Å². The summed E-state index contributed by atoms with van der Waals surface area (Å²) in [6.07, 6.45) is 2.44. The van der Waals surface area contributed by atoms with Crippen LogP contribution in [-0.2, 0) is 57.0 Å². The Kier molecular flexibility index (Phi) is 12.9. The fraction of sp³-hybridized carbons (Fsp3) is 0.925. The molecule has 9 rings (SSSR count). The van der Waals surface area contributed by atoms with Gasteiger partial charge in [-0.3, -0.25) is 14.4 Å². The number of carbonyl (C=O) groups excluding carboxylic acids is 3. The van der Waals surface area contributed by atoms with Gasteiger partial charge in [0.25, 0.3) is 11.8 Å². The van der Waals surface area contributed by atoms with Gasteiger partial charge < -0.3 is 58.3 Å². The smallest absolute Gasteiger partial charge is 0.318 e. The molecular weight excluding hydrogens is 1140 g/mol. The van der Waals surface area contributed by atoms with E-state index < -0.39 is 74.4 Å². The molecule has 7 saturated heterocycles. The van der Waals surface area contributed by atoms with E-state index in [2.05, 4.69) is 22.6 Å². The molecule has 14 atom stereocenters. The molecule has 0 radical (unpaired) electrons. The molecule has 7 heterocycles. The van der Waals surface area contributed by atoms with Crippen LogP contribution in [0.25, 0.3) is 0 Å². The number of piperidine rings is 3. The molecule has 21 heteroatoms. The first-order chi connectivity index (χ1) is 28.9. The molecule has 0 amide bonds. The van der Waals surface area contributed by atoms with Crippen LogP contribution in [0.3, 0.4) is 0 Å². The summed E-state index contributed by atoms with van der Waals surface area (Å²) in [4.78, 5) is 38.6. The minimum Gasteiger partial charge on any atom is -0.461 e. The molecule has 9 aliphatic rings. The highest BCUT2D eigenvalue weighted by Gasteiger charge is 2.75. The maximum Gasteiger partial charge on any atom is 0.318 e. The van der Waals surface area contributed by atoms with E-state index >= 15 is 0 Å². The minimum absolute atomic E-state index is 0.000909. The second-order valence-electron chi connectivity index (χ2n) is 19.1. The number of hydrogen-bond acceptors (Lipinski definition) is 18. The van der Waals surface area contributed by atoms with Gasteiger partial charge in [0.05, 0.1) is 60.4 Å². The normalized spacial score (nSPS) is 44.7. The molecule has 3 N–H and O–H groups in total. The van der Waals surface area contributed by atoms with E-state index in [1.807, 2.05) is 45.2 Å². The van der Waals surface area contributed by atoms with E-state index in [4.69, 9.17) is 42.6 Å². The first-order valence-electron chi connectivity index (χ1n) is 21.7. The van der Waals surface area contributed by atoms with E-state index in [-0.39, 0.29) is 57.9 Å². The lowest BCUT2D eigenvalue weighted by atomic mass is 9.69. The van der Waals surface area contributed by atoms with Gasteiger partial charge in [0.2, 0.25) is 0 Å².